The minimum atomic E-state index is -0.0684. The van der Waals surface area contributed by atoms with Gasteiger partial charge in [-0.25, -0.2) is 0 Å². The van der Waals surface area contributed by atoms with Crippen molar-refractivity contribution in [3.8, 4) is 0 Å². The van der Waals surface area contributed by atoms with Crippen LogP contribution >= 0.6 is 0 Å². The van der Waals surface area contributed by atoms with Crippen LogP contribution in [0.15, 0.2) is 60.9 Å². The van der Waals surface area contributed by atoms with Crippen LogP contribution in [0.1, 0.15) is 208 Å². The van der Waals surface area contributed by atoms with Crippen molar-refractivity contribution >= 4 is 5.97 Å². The highest BCUT2D eigenvalue weighted by Crippen LogP contribution is 2.18. The molecule has 0 aromatic rings. The molecule has 3 heteroatoms. The second-order valence-electron chi connectivity index (χ2n) is 14.4. The van der Waals surface area contributed by atoms with Crippen LogP contribution in [0.4, 0.5) is 0 Å². The maximum atomic E-state index is 12.7. The van der Waals surface area contributed by atoms with Crippen LogP contribution in [-0.4, -0.2) is 29.6 Å². The second kappa shape index (κ2) is 38.8. The van der Waals surface area contributed by atoms with Crippen LogP contribution in [-0.2, 0) is 9.53 Å². The summed E-state index contributed by atoms with van der Waals surface area (Å²) in [7, 11) is 0. The molecule has 0 radical (unpaired) electrons. The molecule has 49 heavy (non-hydrogen) atoms. The standard InChI is InChI=1S/C46H83NO2/c1-6-9-11-13-15-17-19-21-23-25-27-29-31-33-35-37-40-45(49-46(48)42-39-43-47(8-3)44(4)5)41-38-36-34-32-30-28-26-24-22-20-18-16-14-12-10-7-2/h15-18,21-24,39,43-45H,6-14,19-20,25-38,40-42H2,1-5H3/b17-15-,18-16-,23-21-,24-22-,43-39+. The minimum absolute atomic E-state index is 0.0684. The first-order chi connectivity index (χ1) is 24.0. The van der Waals surface area contributed by atoms with Gasteiger partial charge in [-0.2, -0.15) is 0 Å². The fraction of sp³-hybridized carbons (Fsp3) is 0.761. The molecule has 0 aromatic carbocycles. The SMILES string of the molecule is CCCCC/C=C\C/C=C\CCCCCCCCC(CCCCCCCC/C=C\C/C=C\CCCCC)OC(=O)C/C=C/N(CC)C(C)C. The first-order valence-corrected chi connectivity index (χ1v) is 21.3. The third-order valence-electron chi connectivity index (χ3n) is 9.36. The zero-order chi connectivity index (χ0) is 35.9. The summed E-state index contributed by atoms with van der Waals surface area (Å²) in [6.07, 6.45) is 55.5. The lowest BCUT2D eigenvalue weighted by atomic mass is 10.0. The molecule has 0 aromatic heterocycles. The van der Waals surface area contributed by atoms with E-state index in [-0.39, 0.29) is 12.1 Å². The van der Waals surface area contributed by atoms with Crippen molar-refractivity contribution in [2.45, 2.75) is 220 Å². The molecule has 0 amide bonds. The van der Waals surface area contributed by atoms with E-state index in [1.807, 2.05) is 6.08 Å². The van der Waals surface area contributed by atoms with Crippen molar-refractivity contribution < 1.29 is 9.53 Å². The van der Waals surface area contributed by atoms with Gasteiger partial charge in [-0.1, -0.05) is 146 Å². The molecule has 0 fully saturated rings. The molecule has 0 spiro atoms. The highest BCUT2D eigenvalue weighted by Gasteiger charge is 2.14. The summed E-state index contributed by atoms with van der Waals surface area (Å²) in [5.74, 6) is -0.0684. The van der Waals surface area contributed by atoms with Gasteiger partial charge in [0.2, 0.25) is 0 Å². The average Bonchev–Trinajstić information content (AvgIpc) is 3.09. The van der Waals surface area contributed by atoms with E-state index in [1.54, 1.807) is 0 Å². The molecule has 0 saturated heterocycles. The Labute approximate surface area is 307 Å². The maximum Gasteiger partial charge on any atom is 0.309 e. The number of carbonyl (C=O) groups excluding carboxylic acids is 1. The fourth-order valence-electron chi connectivity index (χ4n) is 6.14. The Balaban J connectivity index is 4.24. The molecule has 0 aliphatic carbocycles. The Morgan fingerprint density at radius 2 is 0.898 bits per heavy atom. The van der Waals surface area contributed by atoms with Crippen LogP contribution < -0.4 is 0 Å². The van der Waals surface area contributed by atoms with Gasteiger partial charge in [0.25, 0.3) is 0 Å². The van der Waals surface area contributed by atoms with E-state index < -0.39 is 0 Å². The lowest BCUT2D eigenvalue weighted by molar-refractivity contribution is -0.148. The molecule has 3 nitrogen and oxygen atoms in total. The lowest BCUT2D eigenvalue weighted by Crippen LogP contribution is -2.24. The normalized spacial score (nSPS) is 12.5. The number of rotatable bonds is 36. The first kappa shape index (κ1) is 47.0. The van der Waals surface area contributed by atoms with Crippen molar-refractivity contribution in [1.82, 2.24) is 4.90 Å². The van der Waals surface area contributed by atoms with Crippen molar-refractivity contribution in [2.24, 2.45) is 0 Å². The highest BCUT2D eigenvalue weighted by atomic mass is 16.5. The highest BCUT2D eigenvalue weighted by molar-refractivity contribution is 5.71. The number of hydrogen-bond donors (Lipinski definition) is 0. The van der Waals surface area contributed by atoms with Gasteiger partial charge >= 0.3 is 5.97 Å². The Kier molecular flexibility index (Phi) is 37.2. The summed E-state index contributed by atoms with van der Waals surface area (Å²) in [4.78, 5) is 15.0. The monoisotopic (exact) mass is 682 g/mol. The molecule has 0 aliphatic heterocycles. The molecular formula is C46H83NO2. The van der Waals surface area contributed by atoms with E-state index in [9.17, 15) is 4.79 Å². The molecule has 0 N–H and O–H groups in total. The third-order valence-corrected chi connectivity index (χ3v) is 9.36. The Hall–Kier alpha value is -2.03. The van der Waals surface area contributed by atoms with E-state index in [4.69, 9.17) is 4.74 Å². The quantitative estimate of drug-likeness (QED) is 0.0374. The Morgan fingerprint density at radius 3 is 1.29 bits per heavy atom. The van der Waals surface area contributed by atoms with Crippen LogP contribution in [0.5, 0.6) is 0 Å². The summed E-state index contributed by atoms with van der Waals surface area (Å²) >= 11 is 0. The minimum Gasteiger partial charge on any atom is -0.462 e. The van der Waals surface area contributed by atoms with Gasteiger partial charge in [0, 0.05) is 12.6 Å². The van der Waals surface area contributed by atoms with Crippen LogP contribution in [0.3, 0.4) is 0 Å². The lowest BCUT2D eigenvalue weighted by Gasteiger charge is -2.22. The Morgan fingerprint density at radius 1 is 0.510 bits per heavy atom. The molecule has 0 bridgehead atoms. The molecule has 284 valence electrons. The predicted molar refractivity (Wildman–Crippen MR) is 219 cm³/mol. The van der Waals surface area contributed by atoms with E-state index in [2.05, 4.69) is 94.3 Å². The maximum absolute atomic E-state index is 12.7. The number of carbonyl (C=O) groups is 1. The van der Waals surface area contributed by atoms with Crippen LogP contribution in [0.25, 0.3) is 0 Å². The van der Waals surface area contributed by atoms with Gasteiger partial charge in [-0.15, -0.1) is 0 Å². The van der Waals surface area contributed by atoms with E-state index in [0.29, 0.717) is 12.5 Å². The number of nitrogens with zero attached hydrogens (tertiary/aromatic N) is 1. The molecule has 0 unspecified atom stereocenters. The number of hydrogen-bond acceptors (Lipinski definition) is 3. The fourth-order valence-corrected chi connectivity index (χ4v) is 6.14. The zero-order valence-corrected chi connectivity index (χ0v) is 33.5. The number of esters is 1. The van der Waals surface area contributed by atoms with Gasteiger partial charge < -0.3 is 9.64 Å². The van der Waals surface area contributed by atoms with Gasteiger partial charge in [-0.3, -0.25) is 4.79 Å². The summed E-state index contributed by atoms with van der Waals surface area (Å²) in [5.41, 5.74) is 0. The summed E-state index contributed by atoms with van der Waals surface area (Å²) in [5, 5.41) is 0. The van der Waals surface area contributed by atoms with Crippen LogP contribution in [0, 0.1) is 0 Å². The molecule has 0 saturated carbocycles. The predicted octanol–water partition coefficient (Wildman–Crippen LogP) is 14.9. The van der Waals surface area contributed by atoms with Gasteiger partial charge in [-0.05, 0) is 117 Å². The summed E-state index contributed by atoms with van der Waals surface area (Å²) in [6.45, 7) is 12.0. The van der Waals surface area contributed by atoms with E-state index in [0.717, 1.165) is 45.1 Å². The third kappa shape index (κ3) is 35.6. The van der Waals surface area contributed by atoms with Gasteiger partial charge in [0.15, 0.2) is 0 Å². The van der Waals surface area contributed by atoms with Crippen molar-refractivity contribution in [3.05, 3.63) is 60.9 Å². The number of ether oxygens (including phenoxy) is 1. The van der Waals surface area contributed by atoms with Crippen molar-refractivity contribution in [1.29, 1.82) is 0 Å². The molecule has 0 aliphatic rings. The number of unbranched alkanes of at least 4 members (excludes halogenated alkanes) is 18. The van der Waals surface area contributed by atoms with Crippen molar-refractivity contribution in [2.75, 3.05) is 6.54 Å². The molecule has 0 rings (SSSR count). The van der Waals surface area contributed by atoms with Crippen molar-refractivity contribution in [3.63, 3.8) is 0 Å². The summed E-state index contributed by atoms with van der Waals surface area (Å²) < 4.78 is 6.04. The first-order valence-electron chi connectivity index (χ1n) is 21.3. The van der Waals surface area contributed by atoms with Gasteiger partial charge in [0.1, 0.15) is 6.10 Å². The van der Waals surface area contributed by atoms with E-state index >= 15 is 0 Å². The van der Waals surface area contributed by atoms with Crippen LogP contribution in [0.2, 0.25) is 0 Å². The topological polar surface area (TPSA) is 29.5 Å². The van der Waals surface area contributed by atoms with Gasteiger partial charge in [0.05, 0.1) is 6.42 Å². The molecular weight excluding hydrogens is 599 g/mol. The molecule has 0 heterocycles. The second-order valence-corrected chi connectivity index (χ2v) is 14.4. The summed E-state index contributed by atoms with van der Waals surface area (Å²) in [6, 6.07) is 0.442. The zero-order valence-electron chi connectivity index (χ0n) is 33.5. The number of allylic oxidation sites excluding steroid dienone is 8. The van der Waals surface area contributed by atoms with E-state index in [1.165, 1.54) is 128 Å². The molecule has 0 atom stereocenters. The largest absolute Gasteiger partial charge is 0.462 e. The Bertz CT molecular complexity index is 788. The smallest absolute Gasteiger partial charge is 0.309 e. The average molecular weight is 682 g/mol.